The first-order chi connectivity index (χ1) is 20.3. The molecule has 3 aromatic carbocycles. The molecule has 2 heterocycles. The predicted molar refractivity (Wildman–Crippen MR) is 163 cm³/mol. The van der Waals surface area contributed by atoms with Gasteiger partial charge in [0.05, 0.1) is 11.2 Å². The molecule has 0 saturated carbocycles. The van der Waals surface area contributed by atoms with Gasteiger partial charge in [-0.05, 0) is 67.9 Å². The number of hydrogen-bond acceptors (Lipinski definition) is 2. The largest absolute Gasteiger partial charge is 0.673 e. The fourth-order valence-electron chi connectivity index (χ4n) is 6.56. The summed E-state index contributed by atoms with van der Waals surface area (Å²) in [6.07, 6.45) is 6.61. The molecule has 2 nitrogen and oxygen atoms in total. The van der Waals surface area contributed by atoms with Crippen LogP contribution < -0.4 is 4.57 Å². The molecule has 0 fully saturated rings. The smallest absolute Gasteiger partial charge is 0.418 e. The highest BCUT2D eigenvalue weighted by Gasteiger charge is 2.37. The van der Waals surface area contributed by atoms with Gasteiger partial charge in [0.2, 0.25) is 11.4 Å². The molecule has 0 amide bonds. The molecule has 2 aliphatic carbocycles. The van der Waals surface area contributed by atoms with Crippen LogP contribution in [-0.2, 0) is 38.6 Å². The number of nitrogens with zero attached hydrogens (tertiary/aromatic N) is 2. The molecule has 0 spiro atoms. The molecule has 0 atom stereocenters. The number of aromatic nitrogens is 2. The Morgan fingerprint density at radius 3 is 1.79 bits per heavy atom. The van der Waals surface area contributed by atoms with E-state index < -0.39 is 7.25 Å². The summed E-state index contributed by atoms with van der Waals surface area (Å²) >= 11 is 1.80. The van der Waals surface area contributed by atoms with Crippen molar-refractivity contribution in [3.63, 3.8) is 0 Å². The Labute approximate surface area is 247 Å². The van der Waals surface area contributed by atoms with E-state index in [2.05, 4.69) is 95.3 Å². The maximum atomic E-state index is 9.75. The van der Waals surface area contributed by atoms with Crippen LogP contribution >= 0.6 is 11.3 Å². The number of pyridine rings is 1. The second kappa shape index (κ2) is 11.8. The normalized spacial score (nSPS) is 13.3. The number of rotatable bonds is 5. The van der Waals surface area contributed by atoms with Gasteiger partial charge in [-0.2, -0.15) is 4.57 Å². The van der Waals surface area contributed by atoms with Crippen LogP contribution in [0.15, 0.2) is 84.4 Å². The van der Waals surface area contributed by atoms with Crippen molar-refractivity contribution in [1.29, 1.82) is 0 Å². The molecule has 7 rings (SSSR count). The number of aryl methyl sites for hydroxylation is 4. The third-order valence-corrected chi connectivity index (χ3v) is 9.24. The lowest BCUT2D eigenvalue weighted by Crippen LogP contribution is -2.43. The van der Waals surface area contributed by atoms with Crippen LogP contribution in [0.5, 0.6) is 0 Å². The molecule has 0 radical (unpaired) electrons. The SMILES string of the molecule is Cc1ncsc1CCC[n+]1c2c(c(-c3ccccc3)c3c1-c1ccccc1CC3)CCc1ccccc1-2.F[B-](F)(F)F. The summed E-state index contributed by atoms with van der Waals surface area (Å²) in [5.41, 5.74) is 17.8. The van der Waals surface area contributed by atoms with E-state index in [9.17, 15) is 17.3 Å². The molecular weight excluding hydrogens is 555 g/mol. The van der Waals surface area contributed by atoms with Gasteiger partial charge in [-0.1, -0.05) is 66.7 Å². The topological polar surface area (TPSA) is 16.8 Å². The fourth-order valence-corrected chi connectivity index (χ4v) is 7.38. The van der Waals surface area contributed by atoms with E-state index in [0.29, 0.717) is 0 Å². The Balaban J connectivity index is 0.000000585. The molecule has 0 aliphatic heterocycles. The quantitative estimate of drug-likeness (QED) is 0.114. The van der Waals surface area contributed by atoms with Crippen LogP contribution in [0.2, 0.25) is 0 Å². The van der Waals surface area contributed by atoms with Gasteiger partial charge in [-0.3, -0.25) is 0 Å². The first-order valence-electron chi connectivity index (χ1n) is 14.4. The first-order valence-corrected chi connectivity index (χ1v) is 15.3. The maximum Gasteiger partial charge on any atom is 0.673 e. The standard InChI is InChI=1S/C34H31N2S.BF4/c1-23-31(37-22-35-23)16-9-21-36-33-27-14-7-5-10-24(27)17-19-29(33)32(26-12-3-2-4-13-26)30-20-18-25-11-6-8-15-28(25)34(30)36;2-1(3,4)5/h2-8,10-15,22H,9,16-21H2,1H3;/q+1;-1. The van der Waals surface area contributed by atoms with E-state index >= 15 is 0 Å². The maximum absolute atomic E-state index is 9.75. The number of benzene rings is 3. The highest BCUT2D eigenvalue weighted by atomic mass is 32.1. The Morgan fingerprint density at radius 1 is 0.738 bits per heavy atom. The van der Waals surface area contributed by atoms with Crippen molar-refractivity contribution in [2.45, 2.75) is 52.0 Å². The summed E-state index contributed by atoms with van der Waals surface area (Å²) in [6.45, 7) is 3.16. The number of hydrogen-bond donors (Lipinski definition) is 0. The Kier molecular flexibility index (Phi) is 7.99. The minimum atomic E-state index is -6.00. The van der Waals surface area contributed by atoms with E-state index in [4.69, 9.17) is 0 Å². The molecule has 42 heavy (non-hydrogen) atoms. The van der Waals surface area contributed by atoms with Gasteiger partial charge in [-0.25, -0.2) is 4.98 Å². The van der Waals surface area contributed by atoms with Crippen molar-refractivity contribution < 1.29 is 21.8 Å². The molecule has 2 aromatic heterocycles. The molecule has 214 valence electrons. The van der Waals surface area contributed by atoms with Crippen LogP contribution in [0.25, 0.3) is 33.6 Å². The average Bonchev–Trinajstić information content (AvgIpc) is 3.40. The molecule has 0 unspecified atom stereocenters. The molecule has 0 saturated heterocycles. The summed E-state index contributed by atoms with van der Waals surface area (Å²) in [5.74, 6) is 0. The third kappa shape index (κ3) is 5.77. The number of thiazole rings is 1. The molecule has 8 heteroatoms. The summed E-state index contributed by atoms with van der Waals surface area (Å²) in [5, 5.41) is 0. The van der Waals surface area contributed by atoms with E-state index in [1.165, 1.54) is 66.5 Å². The fraction of sp³-hybridized carbons (Fsp3) is 0.235. The van der Waals surface area contributed by atoms with Crippen molar-refractivity contribution in [1.82, 2.24) is 4.98 Å². The highest BCUT2D eigenvalue weighted by Crippen LogP contribution is 2.44. The average molecular weight is 587 g/mol. The molecular formula is C34H31BF4N2S. The molecule has 0 N–H and O–H groups in total. The van der Waals surface area contributed by atoms with Crippen molar-refractivity contribution in [3.05, 3.63) is 117 Å². The predicted octanol–water partition coefficient (Wildman–Crippen LogP) is 8.87. The first kappa shape index (κ1) is 28.3. The molecule has 0 bridgehead atoms. The third-order valence-electron chi connectivity index (χ3n) is 8.24. The van der Waals surface area contributed by atoms with E-state index in [1.807, 2.05) is 5.51 Å². The minimum absolute atomic E-state index is 1.01. The van der Waals surface area contributed by atoms with Crippen LogP contribution in [0.1, 0.15) is 39.2 Å². The number of fused-ring (bicyclic) bond motifs is 6. The Hall–Kier alpha value is -3.78. The zero-order valence-corrected chi connectivity index (χ0v) is 24.2. The Bertz CT molecular complexity index is 1650. The summed E-state index contributed by atoms with van der Waals surface area (Å²) in [4.78, 5) is 5.92. The number of halogens is 4. The van der Waals surface area contributed by atoms with Gasteiger partial charge >= 0.3 is 7.25 Å². The van der Waals surface area contributed by atoms with Crippen LogP contribution in [-0.4, -0.2) is 12.2 Å². The monoisotopic (exact) mass is 586 g/mol. The van der Waals surface area contributed by atoms with Gasteiger partial charge in [0.1, 0.15) is 6.54 Å². The lowest BCUT2D eigenvalue weighted by Gasteiger charge is -2.28. The molecule has 5 aromatic rings. The lowest BCUT2D eigenvalue weighted by molar-refractivity contribution is -0.676. The van der Waals surface area contributed by atoms with Gasteiger partial charge in [0.15, 0.2) is 0 Å². The van der Waals surface area contributed by atoms with Gasteiger partial charge in [-0.15, -0.1) is 11.3 Å². The second-order valence-corrected chi connectivity index (χ2v) is 11.8. The Morgan fingerprint density at radius 2 is 1.26 bits per heavy atom. The molecule has 2 aliphatic rings. The second-order valence-electron chi connectivity index (χ2n) is 10.8. The minimum Gasteiger partial charge on any atom is -0.418 e. The van der Waals surface area contributed by atoms with Crippen LogP contribution in [0, 0.1) is 6.92 Å². The van der Waals surface area contributed by atoms with E-state index in [1.54, 1.807) is 11.3 Å². The van der Waals surface area contributed by atoms with Crippen molar-refractivity contribution in [2.75, 3.05) is 0 Å². The van der Waals surface area contributed by atoms with Gasteiger partial charge < -0.3 is 17.3 Å². The van der Waals surface area contributed by atoms with Crippen molar-refractivity contribution in [3.8, 4) is 33.6 Å². The summed E-state index contributed by atoms with van der Waals surface area (Å²) in [7, 11) is -6.00. The van der Waals surface area contributed by atoms with Crippen molar-refractivity contribution >= 4 is 18.6 Å². The van der Waals surface area contributed by atoms with Gasteiger partial charge in [0.25, 0.3) is 0 Å². The lowest BCUT2D eigenvalue weighted by atomic mass is 9.77. The van der Waals surface area contributed by atoms with E-state index in [-0.39, 0.29) is 0 Å². The van der Waals surface area contributed by atoms with Gasteiger partial charge in [0, 0.05) is 39.1 Å². The van der Waals surface area contributed by atoms with Crippen molar-refractivity contribution in [2.24, 2.45) is 0 Å². The summed E-state index contributed by atoms with van der Waals surface area (Å²) < 4.78 is 41.7. The van der Waals surface area contributed by atoms with E-state index in [0.717, 1.165) is 45.1 Å². The highest BCUT2D eigenvalue weighted by molar-refractivity contribution is 7.09. The summed E-state index contributed by atoms with van der Waals surface area (Å²) in [6, 6.07) is 29.4. The zero-order chi connectivity index (χ0) is 29.3. The zero-order valence-electron chi connectivity index (χ0n) is 23.4. The van der Waals surface area contributed by atoms with Crippen LogP contribution in [0.3, 0.4) is 0 Å². The van der Waals surface area contributed by atoms with Crippen LogP contribution in [0.4, 0.5) is 17.3 Å².